The summed E-state index contributed by atoms with van der Waals surface area (Å²) in [5.74, 6) is -7.63. The molecule has 1 rings (SSSR count). The molecule has 0 aliphatic carbocycles. The lowest BCUT2D eigenvalue weighted by Crippen LogP contribution is -2.57. The fraction of sp³-hybridized carbons (Fsp3) is 0.730. The molecule has 0 bridgehead atoms. The van der Waals surface area contributed by atoms with Crippen molar-refractivity contribution in [1.29, 1.82) is 0 Å². The van der Waals surface area contributed by atoms with Gasteiger partial charge in [-0.3, -0.25) is 43.2 Å². The Morgan fingerprint density at radius 1 is 0.661 bits per heavy atom. The number of likely N-dealkylation sites (tertiary alicyclic amines) is 1. The highest BCUT2D eigenvalue weighted by molar-refractivity contribution is 5.96. The first kappa shape index (κ1) is 51.6. The first-order valence-corrected chi connectivity index (χ1v) is 20.0. The Morgan fingerprint density at radius 2 is 1.24 bits per heavy atom. The molecule has 334 valence electrons. The van der Waals surface area contributed by atoms with Crippen LogP contribution in [-0.4, -0.2) is 138 Å². The third-order valence-corrected chi connectivity index (χ3v) is 9.24. The molecule has 0 aromatic rings. The van der Waals surface area contributed by atoms with E-state index >= 15 is 0 Å². The minimum atomic E-state index is -1.21. The van der Waals surface area contributed by atoms with Crippen LogP contribution >= 0.6 is 0 Å². The maximum atomic E-state index is 13.2. The van der Waals surface area contributed by atoms with Gasteiger partial charge in [0.1, 0.15) is 36.3 Å². The fourth-order valence-electron chi connectivity index (χ4n) is 6.18. The third kappa shape index (κ3) is 19.8. The van der Waals surface area contributed by atoms with Gasteiger partial charge in [0.05, 0.1) is 19.6 Å². The van der Waals surface area contributed by atoms with Crippen molar-refractivity contribution in [2.24, 2.45) is 29.0 Å². The zero-order valence-electron chi connectivity index (χ0n) is 34.7. The van der Waals surface area contributed by atoms with Crippen LogP contribution in [0.25, 0.3) is 0 Å². The number of aliphatic carboxylic acids is 1. The smallest absolute Gasteiger partial charge is 0.326 e. The van der Waals surface area contributed by atoms with Gasteiger partial charge >= 0.3 is 5.97 Å². The summed E-state index contributed by atoms with van der Waals surface area (Å²) in [7, 11) is 0. The molecule has 0 unspecified atom stereocenters. The van der Waals surface area contributed by atoms with Crippen LogP contribution in [0.3, 0.4) is 0 Å². The highest BCUT2D eigenvalue weighted by Gasteiger charge is 2.36. The number of nitrogens with one attached hydrogen (secondary N) is 7. The number of hydrogen-bond acceptors (Lipinski definition) is 12. The van der Waals surface area contributed by atoms with Gasteiger partial charge in [0.25, 0.3) is 0 Å². The van der Waals surface area contributed by atoms with Crippen LogP contribution in [0.5, 0.6) is 0 Å². The molecule has 1 aliphatic rings. The highest BCUT2D eigenvalue weighted by atomic mass is 16.4. The van der Waals surface area contributed by atoms with Crippen LogP contribution in [0.4, 0.5) is 0 Å². The van der Waals surface area contributed by atoms with Crippen molar-refractivity contribution in [3.05, 3.63) is 0 Å². The van der Waals surface area contributed by atoms with Crippen molar-refractivity contribution in [2.45, 2.75) is 129 Å². The van der Waals surface area contributed by atoms with E-state index in [1.165, 1.54) is 11.8 Å². The van der Waals surface area contributed by atoms with Crippen LogP contribution < -0.4 is 54.4 Å². The van der Waals surface area contributed by atoms with E-state index in [0.717, 1.165) is 0 Å². The first-order valence-electron chi connectivity index (χ1n) is 20.0. The molecule has 14 N–H and O–H groups in total. The van der Waals surface area contributed by atoms with Gasteiger partial charge in [-0.1, -0.05) is 27.7 Å². The normalized spacial score (nSPS) is 16.2. The van der Waals surface area contributed by atoms with Gasteiger partial charge in [-0.25, -0.2) is 4.79 Å². The highest BCUT2D eigenvalue weighted by Crippen LogP contribution is 2.18. The molecular formula is C37H65N11O11. The van der Waals surface area contributed by atoms with E-state index < -0.39 is 115 Å². The predicted molar refractivity (Wildman–Crippen MR) is 213 cm³/mol. The zero-order valence-corrected chi connectivity index (χ0v) is 34.7. The Labute approximate surface area is 344 Å². The molecule has 0 aromatic carbocycles. The summed E-state index contributed by atoms with van der Waals surface area (Å²) in [4.78, 5) is 128. The number of carboxylic acid groups (broad SMARTS) is 1. The number of primary amides is 1. The molecule has 1 heterocycles. The Bertz CT molecular complexity index is 1490. The van der Waals surface area contributed by atoms with Crippen LogP contribution in [-0.2, 0) is 47.9 Å². The number of carboxylic acids is 1. The van der Waals surface area contributed by atoms with E-state index in [1.807, 2.05) is 13.8 Å². The predicted octanol–water partition coefficient (Wildman–Crippen LogP) is -3.82. The summed E-state index contributed by atoms with van der Waals surface area (Å²) in [6.45, 7) is 7.67. The van der Waals surface area contributed by atoms with E-state index in [9.17, 15) is 53.1 Å². The second-order valence-corrected chi connectivity index (χ2v) is 15.4. The number of amides is 9. The van der Waals surface area contributed by atoms with Crippen molar-refractivity contribution in [2.75, 3.05) is 32.7 Å². The molecule has 1 aliphatic heterocycles. The number of rotatable bonds is 27. The van der Waals surface area contributed by atoms with Crippen LogP contribution in [0.15, 0.2) is 0 Å². The van der Waals surface area contributed by atoms with Gasteiger partial charge in [0, 0.05) is 13.0 Å². The number of carbonyl (C=O) groups is 10. The number of hydrogen-bond donors (Lipinski definition) is 11. The molecule has 22 heteroatoms. The topological polar surface area (TPSA) is 356 Å². The van der Waals surface area contributed by atoms with E-state index in [4.69, 9.17) is 17.2 Å². The van der Waals surface area contributed by atoms with E-state index in [2.05, 4.69) is 37.2 Å². The number of carbonyl (C=O) groups excluding carboxylic acids is 9. The van der Waals surface area contributed by atoms with Gasteiger partial charge in [0.15, 0.2) is 0 Å². The fourth-order valence-corrected chi connectivity index (χ4v) is 6.18. The van der Waals surface area contributed by atoms with Gasteiger partial charge in [0.2, 0.25) is 53.2 Å². The molecule has 0 saturated carbocycles. The minimum Gasteiger partial charge on any atom is -0.480 e. The van der Waals surface area contributed by atoms with Crippen molar-refractivity contribution >= 4 is 59.1 Å². The van der Waals surface area contributed by atoms with Gasteiger partial charge in [-0.15, -0.1) is 0 Å². The lowest BCUT2D eigenvalue weighted by molar-refractivity contribution is -0.144. The third-order valence-electron chi connectivity index (χ3n) is 9.24. The summed E-state index contributed by atoms with van der Waals surface area (Å²) in [6, 6.07) is -6.70. The minimum absolute atomic E-state index is 0.0878. The van der Waals surface area contributed by atoms with Crippen molar-refractivity contribution < 1.29 is 53.1 Å². The molecule has 6 atom stereocenters. The second-order valence-electron chi connectivity index (χ2n) is 15.4. The molecule has 59 heavy (non-hydrogen) atoms. The van der Waals surface area contributed by atoms with Gasteiger partial charge in [-0.05, 0) is 76.7 Å². The maximum absolute atomic E-state index is 13.2. The van der Waals surface area contributed by atoms with Crippen LogP contribution in [0.1, 0.15) is 92.4 Å². The SMILES string of the molecule is CC(C)C[C@H](NC(=O)[C@H](C)NC(=O)CNC(=O)[C@H](CC(C)C)NC(=O)[C@H](CCC(N)=O)NC(=O)CN)C(=O)NCC(=O)N1CCC[C@H]1C(=O)N[C@@H](CCCCN)C(=O)O. The van der Waals surface area contributed by atoms with Gasteiger partial charge < -0.3 is 64.4 Å². The molecular weight excluding hydrogens is 774 g/mol. The van der Waals surface area contributed by atoms with E-state index in [-0.39, 0.29) is 50.5 Å². The Hall–Kier alpha value is -5.38. The molecule has 0 aromatic heterocycles. The standard InChI is InChI=1S/C37H65N11O11/c1-20(2)15-25(34(55)42-19-31(52)48-14-8-10-27(48)36(57)45-24(37(58)59)9-6-7-13-38)46-32(53)22(5)43-30(51)18-41-33(54)26(16-21(3)4)47-35(56)23(11-12-28(40)49)44-29(50)17-39/h20-27H,6-19,38-39H2,1-5H3,(H2,40,49)(H,41,54)(H,42,55)(H,43,51)(H,44,50)(H,45,57)(H,46,53)(H,47,56)(H,58,59)/t22-,23-,24-,25-,26-,27-/m0/s1. The second kappa shape index (κ2) is 26.6. The average Bonchev–Trinajstić information content (AvgIpc) is 3.66. The molecule has 1 fully saturated rings. The number of unbranched alkanes of at least 4 members (excludes halogenated alkanes) is 1. The number of nitrogens with two attached hydrogens (primary N) is 3. The summed E-state index contributed by atoms with van der Waals surface area (Å²) in [5, 5.41) is 26.9. The Balaban J connectivity index is 2.83. The largest absolute Gasteiger partial charge is 0.480 e. The Kier molecular flexibility index (Phi) is 23.3. The zero-order chi connectivity index (χ0) is 44.8. The summed E-state index contributed by atoms with van der Waals surface area (Å²) in [5.41, 5.74) is 16.0. The summed E-state index contributed by atoms with van der Waals surface area (Å²) < 4.78 is 0. The summed E-state index contributed by atoms with van der Waals surface area (Å²) in [6.07, 6.45) is 2.02. The van der Waals surface area contributed by atoms with E-state index in [1.54, 1.807) is 13.8 Å². The van der Waals surface area contributed by atoms with Gasteiger partial charge in [-0.2, -0.15) is 0 Å². The molecule has 9 amide bonds. The van der Waals surface area contributed by atoms with Crippen molar-refractivity contribution in [3.63, 3.8) is 0 Å². The molecule has 0 spiro atoms. The maximum Gasteiger partial charge on any atom is 0.326 e. The molecule has 22 nitrogen and oxygen atoms in total. The lowest BCUT2D eigenvalue weighted by atomic mass is 10.0. The van der Waals surface area contributed by atoms with Crippen molar-refractivity contribution in [1.82, 2.24) is 42.1 Å². The summed E-state index contributed by atoms with van der Waals surface area (Å²) >= 11 is 0. The Morgan fingerprint density at radius 3 is 1.76 bits per heavy atom. The monoisotopic (exact) mass is 839 g/mol. The molecule has 1 saturated heterocycles. The van der Waals surface area contributed by atoms with Crippen LogP contribution in [0, 0.1) is 11.8 Å². The van der Waals surface area contributed by atoms with E-state index in [0.29, 0.717) is 32.2 Å². The van der Waals surface area contributed by atoms with Crippen LogP contribution in [0.2, 0.25) is 0 Å². The molecule has 0 radical (unpaired) electrons. The average molecular weight is 840 g/mol. The first-order chi connectivity index (χ1) is 27.7. The lowest BCUT2D eigenvalue weighted by Gasteiger charge is -2.26. The number of nitrogens with zero attached hydrogens (tertiary/aromatic N) is 1. The quantitative estimate of drug-likeness (QED) is 0.0354. The van der Waals surface area contributed by atoms with Crippen molar-refractivity contribution in [3.8, 4) is 0 Å².